The van der Waals surface area contributed by atoms with Gasteiger partial charge in [-0.25, -0.2) is 0 Å². The molecular formula is C14H21NO2. The van der Waals surface area contributed by atoms with E-state index in [1.54, 1.807) is 0 Å². The predicted molar refractivity (Wildman–Crippen MR) is 67.5 cm³/mol. The zero-order valence-electron chi connectivity index (χ0n) is 10.4. The molecule has 2 rings (SSSR count). The second-order valence-corrected chi connectivity index (χ2v) is 4.59. The average Bonchev–Trinajstić information content (AvgIpc) is 2.96. The Labute approximate surface area is 103 Å². The number of nitrogens with zero attached hydrogens (tertiary/aromatic N) is 1. The summed E-state index contributed by atoms with van der Waals surface area (Å²) in [4.78, 5) is 2.41. The van der Waals surface area contributed by atoms with E-state index in [1.807, 2.05) is 12.1 Å². The molecule has 0 saturated carbocycles. The Hall–Kier alpha value is -1.06. The van der Waals surface area contributed by atoms with E-state index in [2.05, 4.69) is 24.0 Å². The standard InChI is InChI=1S/C14H21NO2/c1-2-3-5-12-6-4-9-15(12)10-13-7-8-14(11-16)17-13/h4,6-8,12,16H,2-3,5,9-11H2,1H3/t12-/m1/s1. The lowest BCUT2D eigenvalue weighted by atomic mass is 10.1. The van der Waals surface area contributed by atoms with Gasteiger partial charge in [0.25, 0.3) is 0 Å². The maximum absolute atomic E-state index is 8.96. The van der Waals surface area contributed by atoms with Gasteiger partial charge in [-0.1, -0.05) is 31.9 Å². The number of hydrogen-bond donors (Lipinski definition) is 1. The highest BCUT2D eigenvalue weighted by atomic mass is 16.4. The molecule has 0 bridgehead atoms. The largest absolute Gasteiger partial charge is 0.462 e. The van der Waals surface area contributed by atoms with Gasteiger partial charge >= 0.3 is 0 Å². The molecule has 0 saturated heterocycles. The van der Waals surface area contributed by atoms with Crippen molar-refractivity contribution < 1.29 is 9.52 Å². The Kier molecular flexibility index (Phi) is 4.40. The lowest BCUT2D eigenvalue weighted by Gasteiger charge is -2.23. The third-order valence-corrected chi connectivity index (χ3v) is 3.25. The number of furan rings is 1. The monoisotopic (exact) mass is 235 g/mol. The zero-order chi connectivity index (χ0) is 12.1. The van der Waals surface area contributed by atoms with E-state index in [0.717, 1.165) is 18.8 Å². The van der Waals surface area contributed by atoms with Crippen molar-refractivity contribution in [1.29, 1.82) is 0 Å². The topological polar surface area (TPSA) is 36.6 Å². The van der Waals surface area contributed by atoms with E-state index in [0.29, 0.717) is 11.8 Å². The van der Waals surface area contributed by atoms with Crippen LogP contribution in [0.2, 0.25) is 0 Å². The van der Waals surface area contributed by atoms with Crippen LogP contribution >= 0.6 is 0 Å². The van der Waals surface area contributed by atoms with Crippen LogP contribution in [0.25, 0.3) is 0 Å². The molecule has 1 aromatic rings. The van der Waals surface area contributed by atoms with Crippen molar-refractivity contribution >= 4 is 0 Å². The molecule has 94 valence electrons. The molecule has 0 spiro atoms. The van der Waals surface area contributed by atoms with E-state index in [-0.39, 0.29) is 6.61 Å². The van der Waals surface area contributed by atoms with Crippen LogP contribution in [0, 0.1) is 0 Å². The maximum atomic E-state index is 8.96. The van der Waals surface area contributed by atoms with E-state index in [1.165, 1.54) is 19.3 Å². The predicted octanol–water partition coefficient (Wildman–Crippen LogP) is 2.70. The minimum absolute atomic E-state index is 0.0164. The Balaban J connectivity index is 1.89. The summed E-state index contributed by atoms with van der Waals surface area (Å²) >= 11 is 0. The lowest BCUT2D eigenvalue weighted by Crippen LogP contribution is -2.29. The molecule has 0 fully saturated rings. The number of aliphatic hydroxyl groups excluding tert-OH is 1. The van der Waals surface area contributed by atoms with Gasteiger partial charge in [0.2, 0.25) is 0 Å². The molecule has 1 aromatic heterocycles. The van der Waals surface area contributed by atoms with Gasteiger partial charge in [0.15, 0.2) is 0 Å². The summed E-state index contributed by atoms with van der Waals surface area (Å²) in [6, 6.07) is 4.36. The molecule has 1 atom stereocenters. The van der Waals surface area contributed by atoms with Crippen molar-refractivity contribution in [1.82, 2.24) is 4.90 Å². The lowest BCUT2D eigenvalue weighted by molar-refractivity contribution is 0.211. The van der Waals surface area contributed by atoms with Gasteiger partial charge in [-0.2, -0.15) is 0 Å². The van der Waals surface area contributed by atoms with Crippen molar-refractivity contribution in [3.8, 4) is 0 Å². The van der Waals surface area contributed by atoms with Crippen LogP contribution < -0.4 is 0 Å². The van der Waals surface area contributed by atoms with Gasteiger partial charge in [0, 0.05) is 12.6 Å². The van der Waals surface area contributed by atoms with Crippen LogP contribution in [0.3, 0.4) is 0 Å². The molecule has 1 N–H and O–H groups in total. The van der Waals surface area contributed by atoms with Gasteiger partial charge in [-0.15, -0.1) is 0 Å². The van der Waals surface area contributed by atoms with E-state index in [4.69, 9.17) is 9.52 Å². The number of unbranched alkanes of at least 4 members (excludes halogenated alkanes) is 1. The summed E-state index contributed by atoms with van der Waals surface area (Å²) in [7, 11) is 0. The fourth-order valence-corrected chi connectivity index (χ4v) is 2.28. The minimum atomic E-state index is -0.0164. The highest BCUT2D eigenvalue weighted by molar-refractivity contribution is 5.10. The Morgan fingerprint density at radius 2 is 2.24 bits per heavy atom. The molecule has 0 unspecified atom stereocenters. The quantitative estimate of drug-likeness (QED) is 0.770. The Morgan fingerprint density at radius 1 is 1.41 bits per heavy atom. The maximum Gasteiger partial charge on any atom is 0.129 e. The number of rotatable bonds is 6. The fourth-order valence-electron chi connectivity index (χ4n) is 2.28. The first kappa shape index (κ1) is 12.4. The van der Waals surface area contributed by atoms with Gasteiger partial charge < -0.3 is 9.52 Å². The second-order valence-electron chi connectivity index (χ2n) is 4.59. The fraction of sp³-hybridized carbons (Fsp3) is 0.571. The molecule has 1 aliphatic rings. The average molecular weight is 235 g/mol. The molecule has 3 nitrogen and oxygen atoms in total. The molecule has 2 heterocycles. The second kappa shape index (κ2) is 6.03. The minimum Gasteiger partial charge on any atom is -0.462 e. The van der Waals surface area contributed by atoms with Crippen LogP contribution in [0.1, 0.15) is 37.7 Å². The van der Waals surface area contributed by atoms with Crippen LogP contribution in [0.5, 0.6) is 0 Å². The van der Waals surface area contributed by atoms with Crippen molar-refractivity contribution in [2.45, 2.75) is 45.4 Å². The van der Waals surface area contributed by atoms with E-state index in [9.17, 15) is 0 Å². The molecule has 17 heavy (non-hydrogen) atoms. The first-order valence-electron chi connectivity index (χ1n) is 6.42. The number of hydrogen-bond acceptors (Lipinski definition) is 3. The van der Waals surface area contributed by atoms with Crippen LogP contribution in [-0.2, 0) is 13.2 Å². The van der Waals surface area contributed by atoms with E-state index < -0.39 is 0 Å². The van der Waals surface area contributed by atoms with Gasteiger partial charge in [0.1, 0.15) is 18.1 Å². The first-order chi connectivity index (χ1) is 8.33. The summed E-state index contributed by atoms with van der Waals surface area (Å²) in [5, 5.41) is 8.96. The highest BCUT2D eigenvalue weighted by Crippen LogP contribution is 2.20. The molecule has 1 aliphatic heterocycles. The van der Waals surface area contributed by atoms with Crippen molar-refractivity contribution in [3.63, 3.8) is 0 Å². The molecule has 0 aromatic carbocycles. The van der Waals surface area contributed by atoms with Gasteiger partial charge in [-0.05, 0) is 18.6 Å². The smallest absolute Gasteiger partial charge is 0.129 e. The molecule has 0 aliphatic carbocycles. The van der Waals surface area contributed by atoms with Gasteiger partial charge in [0.05, 0.1) is 6.54 Å². The van der Waals surface area contributed by atoms with Crippen LogP contribution in [-0.4, -0.2) is 22.6 Å². The van der Waals surface area contributed by atoms with E-state index >= 15 is 0 Å². The molecule has 0 radical (unpaired) electrons. The van der Waals surface area contributed by atoms with Crippen molar-refractivity contribution in [2.75, 3.05) is 6.54 Å². The summed E-state index contributed by atoms with van der Waals surface area (Å²) in [5.74, 6) is 1.59. The number of aliphatic hydroxyl groups is 1. The molecule has 0 amide bonds. The Bertz CT molecular complexity index is 370. The van der Waals surface area contributed by atoms with Gasteiger partial charge in [-0.3, -0.25) is 4.90 Å². The third-order valence-electron chi connectivity index (χ3n) is 3.25. The molecule has 3 heteroatoms. The summed E-state index contributed by atoms with van der Waals surface area (Å²) in [6.45, 7) is 4.05. The Morgan fingerprint density at radius 3 is 2.94 bits per heavy atom. The summed E-state index contributed by atoms with van der Waals surface area (Å²) in [5.41, 5.74) is 0. The zero-order valence-corrected chi connectivity index (χ0v) is 10.4. The van der Waals surface area contributed by atoms with Crippen LogP contribution in [0.4, 0.5) is 0 Å². The van der Waals surface area contributed by atoms with Crippen molar-refractivity contribution in [2.24, 2.45) is 0 Å². The highest BCUT2D eigenvalue weighted by Gasteiger charge is 2.20. The normalized spacial score (nSPS) is 20.2. The summed E-state index contributed by atoms with van der Waals surface area (Å²) in [6.07, 6.45) is 8.27. The SMILES string of the molecule is CCCC[C@@H]1C=CCN1Cc1ccc(CO)o1. The molecular weight excluding hydrogens is 214 g/mol. The third kappa shape index (κ3) is 3.20. The van der Waals surface area contributed by atoms with Crippen LogP contribution in [0.15, 0.2) is 28.7 Å². The first-order valence-corrected chi connectivity index (χ1v) is 6.42. The summed E-state index contributed by atoms with van der Waals surface area (Å²) < 4.78 is 5.53. The van der Waals surface area contributed by atoms with Crippen molar-refractivity contribution in [3.05, 3.63) is 35.8 Å².